The van der Waals surface area contributed by atoms with Crippen LogP contribution in [0.2, 0.25) is 0 Å². The minimum atomic E-state index is 0.479. The molecule has 0 aliphatic carbocycles. The van der Waals surface area contributed by atoms with Gasteiger partial charge in [-0.2, -0.15) is 0 Å². The zero-order valence-corrected chi connectivity index (χ0v) is 12.9. The minimum absolute atomic E-state index is 0.479. The Hall–Kier alpha value is -1.22. The van der Waals surface area contributed by atoms with E-state index >= 15 is 0 Å². The standard InChI is InChI=1S/C16H28N2O/c1-11(2)13-6-7-16(19-5)15(8-13)18-10-14(9-17)12(3)4/h6-8,11-12,14,18H,9-10,17H2,1-5H3. The average Bonchev–Trinajstić information content (AvgIpc) is 2.38. The van der Waals surface area contributed by atoms with Gasteiger partial charge in [-0.05, 0) is 42.0 Å². The lowest BCUT2D eigenvalue weighted by Gasteiger charge is -2.21. The summed E-state index contributed by atoms with van der Waals surface area (Å²) in [5, 5.41) is 3.49. The van der Waals surface area contributed by atoms with Gasteiger partial charge in [-0.25, -0.2) is 0 Å². The van der Waals surface area contributed by atoms with Crippen molar-refractivity contribution < 1.29 is 4.74 Å². The van der Waals surface area contributed by atoms with Crippen LogP contribution >= 0.6 is 0 Å². The third-order valence-corrected chi connectivity index (χ3v) is 3.69. The fourth-order valence-corrected chi connectivity index (χ4v) is 2.06. The maximum Gasteiger partial charge on any atom is 0.141 e. The van der Waals surface area contributed by atoms with Crippen molar-refractivity contribution in [1.82, 2.24) is 0 Å². The van der Waals surface area contributed by atoms with Gasteiger partial charge in [0.15, 0.2) is 0 Å². The van der Waals surface area contributed by atoms with Gasteiger partial charge in [0.25, 0.3) is 0 Å². The highest BCUT2D eigenvalue weighted by Gasteiger charge is 2.13. The fraction of sp³-hybridized carbons (Fsp3) is 0.625. The number of hydrogen-bond donors (Lipinski definition) is 2. The molecule has 1 aromatic rings. The molecule has 0 fully saturated rings. The Morgan fingerprint density at radius 1 is 1.21 bits per heavy atom. The molecular weight excluding hydrogens is 236 g/mol. The van der Waals surface area contributed by atoms with Crippen LogP contribution in [0.3, 0.4) is 0 Å². The van der Waals surface area contributed by atoms with E-state index in [0.29, 0.717) is 24.3 Å². The maximum atomic E-state index is 5.82. The van der Waals surface area contributed by atoms with E-state index in [9.17, 15) is 0 Å². The summed E-state index contributed by atoms with van der Waals surface area (Å²) in [6.07, 6.45) is 0. The van der Waals surface area contributed by atoms with Crippen LogP contribution in [0.25, 0.3) is 0 Å². The molecule has 0 heterocycles. The largest absolute Gasteiger partial charge is 0.495 e. The molecule has 3 N–H and O–H groups in total. The lowest BCUT2D eigenvalue weighted by atomic mass is 9.95. The number of ether oxygens (including phenoxy) is 1. The van der Waals surface area contributed by atoms with Crippen molar-refractivity contribution in [3.8, 4) is 5.75 Å². The molecule has 1 unspecified atom stereocenters. The number of methoxy groups -OCH3 is 1. The molecule has 0 amide bonds. The van der Waals surface area contributed by atoms with E-state index in [2.05, 4.69) is 45.1 Å². The number of benzene rings is 1. The van der Waals surface area contributed by atoms with Crippen molar-refractivity contribution in [1.29, 1.82) is 0 Å². The van der Waals surface area contributed by atoms with Crippen molar-refractivity contribution in [3.63, 3.8) is 0 Å². The first-order valence-corrected chi connectivity index (χ1v) is 7.11. The van der Waals surface area contributed by atoms with Crippen molar-refractivity contribution in [3.05, 3.63) is 23.8 Å². The molecule has 3 heteroatoms. The summed E-state index contributed by atoms with van der Waals surface area (Å²) in [6, 6.07) is 6.33. The van der Waals surface area contributed by atoms with Crippen LogP contribution in [-0.2, 0) is 0 Å². The first-order chi connectivity index (χ1) is 8.99. The molecule has 0 aliphatic rings. The zero-order valence-electron chi connectivity index (χ0n) is 12.9. The molecule has 108 valence electrons. The monoisotopic (exact) mass is 264 g/mol. The number of nitrogens with two attached hydrogens (primary N) is 1. The van der Waals surface area contributed by atoms with Crippen molar-refractivity contribution in [2.75, 3.05) is 25.5 Å². The number of hydrogen-bond acceptors (Lipinski definition) is 3. The second-order valence-electron chi connectivity index (χ2n) is 5.74. The van der Waals surface area contributed by atoms with Crippen molar-refractivity contribution in [2.45, 2.75) is 33.6 Å². The highest BCUT2D eigenvalue weighted by molar-refractivity contribution is 5.58. The SMILES string of the molecule is COc1ccc(C(C)C)cc1NCC(CN)C(C)C. The molecule has 1 rings (SSSR count). The Bertz CT molecular complexity index is 388. The molecule has 0 spiro atoms. The van der Waals surface area contributed by atoms with E-state index in [1.165, 1.54) is 5.56 Å². The van der Waals surface area contributed by atoms with E-state index in [-0.39, 0.29) is 0 Å². The van der Waals surface area contributed by atoms with E-state index < -0.39 is 0 Å². The Balaban J connectivity index is 2.83. The summed E-state index contributed by atoms with van der Waals surface area (Å²) >= 11 is 0. The maximum absolute atomic E-state index is 5.82. The van der Waals surface area contributed by atoms with Gasteiger partial charge in [-0.1, -0.05) is 33.8 Å². The van der Waals surface area contributed by atoms with Gasteiger partial charge in [0, 0.05) is 6.54 Å². The average molecular weight is 264 g/mol. The molecular formula is C16H28N2O. The first-order valence-electron chi connectivity index (χ1n) is 7.11. The Labute approximate surface area is 117 Å². The highest BCUT2D eigenvalue weighted by atomic mass is 16.5. The smallest absolute Gasteiger partial charge is 0.141 e. The Kier molecular flexibility index (Phi) is 6.16. The van der Waals surface area contributed by atoms with Gasteiger partial charge in [0.05, 0.1) is 12.8 Å². The number of anilines is 1. The molecule has 0 radical (unpaired) electrons. The topological polar surface area (TPSA) is 47.3 Å². The summed E-state index contributed by atoms with van der Waals surface area (Å²) in [6.45, 7) is 10.4. The quantitative estimate of drug-likeness (QED) is 0.793. The molecule has 3 nitrogen and oxygen atoms in total. The highest BCUT2D eigenvalue weighted by Crippen LogP contribution is 2.29. The lowest BCUT2D eigenvalue weighted by Crippen LogP contribution is -2.27. The van der Waals surface area contributed by atoms with Crippen LogP contribution in [0, 0.1) is 11.8 Å². The van der Waals surface area contributed by atoms with Gasteiger partial charge in [-0.3, -0.25) is 0 Å². The third kappa shape index (κ3) is 4.43. The molecule has 0 aliphatic heterocycles. The Morgan fingerprint density at radius 2 is 1.89 bits per heavy atom. The van der Waals surface area contributed by atoms with Gasteiger partial charge in [-0.15, -0.1) is 0 Å². The second kappa shape index (κ2) is 7.39. The van der Waals surface area contributed by atoms with Crippen LogP contribution < -0.4 is 15.8 Å². The summed E-state index contributed by atoms with van der Waals surface area (Å²) in [5.74, 6) is 2.47. The van der Waals surface area contributed by atoms with Gasteiger partial charge >= 0.3 is 0 Å². The van der Waals surface area contributed by atoms with E-state index in [0.717, 1.165) is 18.0 Å². The molecule has 1 atom stereocenters. The van der Waals surface area contributed by atoms with Crippen LogP contribution in [0.15, 0.2) is 18.2 Å². The molecule has 0 bridgehead atoms. The summed E-state index contributed by atoms with van der Waals surface area (Å²) in [5.41, 5.74) is 8.19. The predicted octanol–water partition coefficient (Wildman–Crippen LogP) is 3.46. The molecule has 1 aromatic carbocycles. The lowest BCUT2D eigenvalue weighted by molar-refractivity contribution is 0.405. The van der Waals surface area contributed by atoms with Gasteiger partial charge < -0.3 is 15.8 Å². The van der Waals surface area contributed by atoms with Crippen LogP contribution in [0.5, 0.6) is 5.75 Å². The van der Waals surface area contributed by atoms with Gasteiger partial charge in [0.2, 0.25) is 0 Å². The van der Waals surface area contributed by atoms with E-state index in [1.54, 1.807) is 7.11 Å². The molecule has 0 saturated heterocycles. The summed E-state index contributed by atoms with van der Waals surface area (Å²) in [7, 11) is 1.71. The first kappa shape index (κ1) is 15.8. The van der Waals surface area contributed by atoms with Crippen LogP contribution in [0.1, 0.15) is 39.2 Å². The zero-order chi connectivity index (χ0) is 14.4. The van der Waals surface area contributed by atoms with Gasteiger partial charge in [0.1, 0.15) is 5.75 Å². The fourth-order valence-electron chi connectivity index (χ4n) is 2.06. The predicted molar refractivity (Wildman–Crippen MR) is 83.0 cm³/mol. The number of rotatable bonds is 7. The van der Waals surface area contributed by atoms with Crippen molar-refractivity contribution in [2.24, 2.45) is 17.6 Å². The molecule has 19 heavy (non-hydrogen) atoms. The summed E-state index contributed by atoms with van der Waals surface area (Å²) in [4.78, 5) is 0. The Morgan fingerprint density at radius 3 is 2.37 bits per heavy atom. The van der Waals surface area contributed by atoms with Crippen LogP contribution in [-0.4, -0.2) is 20.2 Å². The van der Waals surface area contributed by atoms with E-state index in [4.69, 9.17) is 10.5 Å². The van der Waals surface area contributed by atoms with E-state index in [1.807, 2.05) is 6.07 Å². The van der Waals surface area contributed by atoms with Crippen molar-refractivity contribution >= 4 is 5.69 Å². The third-order valence-electron chi connectivity index (χ3n) is 3.69. The second-order valence-corrected chi connectivity index (χ2v) is 5.74. The summed E-state index contributed by atoms with van der Waals surface area (Å²) < 4.78 is 5.41. The molecule has 0 saturated carbocycles. The normalized spacial score (nSPS) is 12.8. The minimum Gasteiger partial charge on any atom is -0.495 e. The number of nitrogens with one attached hydrogen (secondary N) is 1. The molecule has 0 aromatic heterocycles. The van der Waals surface area contributed by atoms with Crippen LogP contribution in [0.4, 0.5) is 5.69 Å².